The quantitative estimate of drug-likeness (QED) is 0.374. The first kappa shape index (κ1) is 30.7. The minimum atomic E-state index is -3.64. The number of hydrogen-bond donors (Lipinski definition) is 1. The van der Waals surface area contributed by atoms with Crippen LogP contribution in [0.25, 0.3) is 0 Å². The number of sulfonamides is 1. The van der Waals surface area contributed by atoms with Crippen LogP contribution in [0.15, 0.2) is 42.5 Å². The fourth-order valence-corrected chi connectivity index (χ4v) is 5.06. The summed E-state index contributed by atoms with van der Waals surface area (Å²) in [5.41, 5.74) is 1.08. The normalized spacial score (nSPS) is 12.2. The molecule has 2 rings (SSSR count). The molecule has 0 radical (unpaired) electrons. The molecule has 2 aromatic rings. The zero-order valence-corrected chi connectivity index (χ0v) is 24.2. The highest BCUT2D eigenvalue weighted by Crippen LogP contribution is 2.30. The number of methoxy groups -OCH3 is 1. The molecule has 2 aromatic carbocycles. The van der Waals surface area contributed by atoms with Crippen molar-refractivity contribution in [1.29, 1.82) is 0 Å². The first-order valence-corrected chi connectivity index (χ1v) is 14.6. The number of benzene rings is 2. The monoisotopic (exact) mass is 571 g/mol. The Balaban J connectivity index is 2.19. The van der Waals surface area contributed by atoms with Gasteiger partial charge in [-0.2, -0.15) is 0 Å². The number of carbonyl (C=O) groups is 2. The summed E-state index contributed by atoms with van der Waals surface area (Å²) in [6.07, 6.45) is 1.36. The van der Waals surface area contributed by atoms with E-state index in [1.165, 1.54) is 22.4 Å². The number of rotatable bonds is 13. The highest BCUT2D eigenvalue weighted by atomic mass is 35.5. The largest absolute Gasteiger partial charge is 0.495 e. The third-order valence-corrected chi connectivity index (χ3v) is 7.58. The smallest absolute Gasteiger partial charge is 0.242 e. The standard InChI is InChI=1S/C26H35Cl2N3O5S/c1-18(2)16-29-26(33)19(3)30(17-20-9-6-7-10-22(20)27)25(32)11-8-14-31(37(5,34)35)21-12-13-24(36-4)23(28)15-21/h6-7,9-10,12-13,15,18-19H,8,11,14,16-17H2,1-5H3,(H,29,33). The predicted molar refractivity (Wildman–Crippen MR) is 149 cm³/mol. The minimum absolute atomic E-state index is 0.0299. The van der Waals surface area contributed by atoms with Gasteiger partial charge in [0.1, 0.15) is 11.8 Å². The van der Waals surface area contributed by atoms with Crippen molar-refractivity contribution < 1.29 is 22.7 Å². The number of nitrogens with zero attached hydrogens (tertiary/aromatic N) is 2. The van der Waals surface area contributed by atoms with Crippen LogP contribution in [0.3, 0.4) is 0 Å². The van der Waals surface area contributed by atoms with Gasteiger partial charge in [-0.15, -0.1) is 0 Å². The third-order valence-electron chi connectivity index (χ3n) is 5.73. The van der Waals surface area contributed by atoms with Crippen LogP contribution < -0.4 is 14.4 Å². The second kappa shape index (κ2) is 13.9. The number of hydrogen-bond acceptors (Lipinski definition) is 5. The lowest BCUT2D eigenvalue weighted by atomic mass is 10.1. The van der Waals surface area contributed by atoms with Crippen LogP contribution in [-0.4, -0.2) is 57.6 Å². The molecule has 1 N–H and O–H groups in total. The molecule has 0 bridgehead atoms. The average Bonchev–Trinajstić information content (AvgIpc) is 2.83. The summed E-state index contributed by atoms with van der Waals surface area (Å²) in [6.45, 7) is 6.35. The molecule has 0 saturated carbocycles. The van der Waals surface area contributed by atoms with E-state index in [0.29, 0.717) is 28.6 Å². The van der Waals surface area contributed by atoms with Gasteiger partial charge in [0.05, 0.1) is 24.1 Å². The van der Waals surface area contributed by atoms with Gasteiger partial charge in [0, 0.05) is 31.1 Å². The van der Waals surface area contributed by atoms with Crippen molar-refractivity contribution in [2.75, 3.05) is 30.8 Å². The van der Waals surface area contributed by atoms with E-state index in [9.17, 15) is 18.0 Å². The summed E-state index contributed by atoms with van der Waals surface area (Å²) in [5, 5.41) is 3.64. The minimum Gasteiger partial charge on any atom is -0.495 e. The Bertz CT molecular complexity index is 1190. The Hall–Kier alpha value is -2.49. The molecule has 0 aromatic heterocycles. The molecule has 8 nitrogen and oxygen atoms in total. The SMILES string of the molecule is COc1ccc(N(CCCC(=O)N(Cc2ccccc2Cl)C(C)C(=O)NCC(C)C)S(C)(=O)=O)cc1Cl. The highest BCUT2D eigenvalue weighted by molar-refractivity contribution is 7.92. The summed E-state index contributed by atoms with van der Waals surface area (Å²) in [7, 11) is -2.17. The van der Waals surface area contributed by atoms with Crippen molar-refractivity contribution in [3.05, 3.63) is 58.1 Å². The Kier molecular flexibility index (Phi) is 11.5. The molecule has 2 amide bonds. The molecule has 1 unspecified atom stereocenters. The second-order valence-electron chi connectivity index (χ2n) is 9.19. The van der Waals surface area contributed by atoms with Gasteiger partial charge in [-0.1, -0.05) is 55.2 Å². The van der Waals surface area contributed by atoms with Gasteiger partial charge in [0.15, 0.2) is 0 Å². The number of carbonyl (C=O) groups excluding carboxylic acids is 2. The number of nitrogens with one attached hydrogen (secondary N) is 1. The molecule has 11 heteroatoms. The molecule has 1 atom stereocenters. The van der Waals surface area contributed by atoms with E-state index >= 15 is 0 Å². The lowest BCUT2D eigenvalue weighted by Crippen LogP contribution is -2.48. The van der Waals surface area contributed by atoms with Crippen LogP contribution in [0.1, 0.15) is 39.2 Å². The maximum Gasteiger partial charge on any atom is 0.242 e. The van der Waals surface area contributed by atoms with Crippen molar-refractivity contribution in [2.24, 2.45) is 5.92 Å². The van der Waals surface area contributed by atoms with Gasteiger partial charge in [-0.25, -0.2) is 8.42 Å². The van der Waals surface area contributed by atoms with E-state index in [4.69, 9.17) is 27.9 Å². The molecular weight excluding hydrogens is 537 g/mol. The van der Waals surface area contributed by atoms with E-state index in [1.54, 1.807) is 37.3 Å². The maximum atomic E-state index is 13.3. The van der Waals surface area contributed by atoms with Gasteiger partial charge < -0.3 is 15.0 Å². The Morgan fingerprint density at radius 3 is 2.30 bits per heavy atom. The van der Waals surface area contributed by atoms with Crippen LogP contribution in [0.4, 0.5) is 5.69 Å². The topological polar surface area (TPSA) is 96.0 Å². The van der Waals surface area contributed by atoms with Gasteiger partial charge in [-0.05, 0) is 49.1 Å². The molecule has 0 aliphatic rings. The Labute approximate surface area is 229 Å². The number of amides is 2. The predicted octanol–water partition coefficient (Wildman–Crippen LogP) is 4.74. The molecular formula is C26H35Cl2N3O5S. The third kappa shape index (κ3) is 9.09. The lowest BCUT2D eigenvalue weighted by Gasteiger charge is -2.30. The van der Waals surface area contributed by atoms with E-state index in [-0.39, 0.29) is 48.7 Å². The second-order valence-corrected chi connectivity index (χ2v) is 11.9. The zero-order chi connectivity index (χ0) is 27.8. The molecule has 0 spiro atoms. The van der Waals surface area contributed by atoms with Gasteiger partial charge in [0.2, 0.25) is 21.8 Å². The Morgan fingerprint density at radius 1 is 1.05 bits per heavy atom. The van der Waals surface area contributed by atoms with Crippen molar-refractivity contribution in [3.8, 4) is 5.75 Å². The molecule has 0 aliphatic carbocycles. The summed E-state index contributed by atoms with van der Waals surface area (Å²) in [6, 6.07) is 11.1. The van der Waals surface area contributed by atoms with Crippen molar-refractivity contribution in [2.45, 2.75) is 46.2 Å². The van der Waals surface area contributed by atoms with Crippen molar-refractivity contribution >= 4 is 50.7 Å². The van der Waals surface area contributed by atoms with Crippen LogP contribution in [0.5, 0.6) is 5.75 Å². The van der Waals surface area contributed by atoms with E-state index in [2.05, 4.69) is 5.32 Å². The fraction of sp³-hybridized carbons (Fsp3) is 0.462. The molecule has 37 heavy (non-hydrogen) atoms. The molecule has 0 heterocycles. The first-order valence-electron chi connectivity index (χ1n) is 12.0. The summed E-state index contributed by atoms with van der Waals surface area (Å²) in [4.78, 5) is 27.6. The van der Waals surface area contributed by atoms with Crippen LogP contribution >= 0.6 is 23.2 Å². The average molecular weight is 573 g/mol. The number of halogens is 2. The van der Waals surface area contributed by atoms with Crippen molar-refractivity contribution in [3.63, 3.8) is 0 Å². The highest BCUT2D eigenvalue weighted by Gasteiger charge is 2.27. The van der Waals surface area contributed by atoms with Gasteiger partial charge >= 0.3 is 0 Å². The fourth-order valence-electron chi connectivity index (χ4n) is 3.66. The van der Waals surface area contributed by atoms with Crippen LogP contribution in [0.2, 0.25) is 10.0 Å². The zero-order valence-electron chi connectivity index (χ0n) is 21.8. The molecule has 0 fully saturated rings. The van der Waals surface area contributed by atoms with Crippen LogP contribution in [0, 0.1) is 5.92 Å². The van der Waals surface area contributed by atoms with Crippen LogP contribution in [-0.2, 0) is 26.2 Å². The van der Waals surface area contributed by atoms with Gasteiger partial charge in [-0.3, -0.25) is 13.9 Å². The molecule has 0 aliphatic heterocycles. The molecule has 204 valence electrons. The maximum absolute atomic E-state index is 13.3. The summed E-state index contributed by atoms with van der Waals surface area (Å²) >= 11 is 12.5. The van der Waals surface area contributed by atoms with Gasteiger partial charge in [0.25, 0.3) is 0 Å². The van der Waals surface area contributed by atoms with E-state index < -0.39 is 16.1 Å². The first-order chi connectivity index (χ1) is 17.3. The lowest BCUT2D eigenvalue weighted by molar-refractivity contribution is -0.140. The van der Waals surface area contributed by atoms with E-state index in [0.717, 1.165) is 6.26 Å². The molecule has 0 saturated heterocycles. The van der Waals surface area contributed by atoms with E-state index in [1.807, 2.05) is 19.9 Å². The summed E-state index contributed by atoms with van der Waals surface area (Å²) < 4.78 is 31.3. The van der Waals surface area contributed by atoms with Crippen molar-refractivity contribution in [1.82, 2.24) is 10.2 Å². The number of ether oxygens (including phenoxy) is 1. The summed E-state index contributed by atoms with van der Waals surface area (Å²) in [5.74, 6) is 0.138. The Morgan fingerprint density at radius 2 is 1.73 bits per heavy atom. The number of anilines is 1.